The second-order valence-corrected chi connectivity index (χ2v) is 7.69. The van der Waals surface area contributed by atoms with E-state index in [4.69, 9.17) is 28.6 Å². The molecule has 1 fully saturated rings. The van der Waals surface area contributed by atoms with Gasteiger partial charge in [0.25, 0.3) is 11.8 Å². The Kier molecular flexibility index (Phi) is 5.53. The fourth-order valence-corrected chi connectivity index (χ4v) is 3.68. The van der Waals surface area contributed by atoms with Gasteiger partial charge in [-0.1, -0.05) is 48.0 Å². The Labute approximate surface area is 183 Å². The zero-order chi connectivity index (χ0) is 21.3. The quantitative estimate of drug-likeness (QED) is 0.363. The number of benzene rings is 3. The molecule has 1 aliphatic rings. The van der Waals surface area contributed by atoms with E-state index < -0.39 is 11.8 Å². The van der Waals surface area contributed by atoms with Gasteiger partial charge in [0.15, 0.2) is 5.11 Å². The van der Waals surface area contributed by atoms with Crippen LogP contribution in [0.2, 0.25) is 5.02 Å². The van der Waals surface area contributed by atoms with E-state index in [9.17, 15) is 9.59 Å². The number of fused-ring (bicyclic) bond motifs is 1. The Bertz CT molecular complexity index is 1210. The molecule has 1 saturated heterocycles. The lowest BCUT2D eigenvalue weighted by atomic mass is 10.0. The van der Waals surface area contributed by atoms with Crippen LogP contribution in [-0.4, -0.2) is 16.9 Å². The summed E-state index contributed by atoms with van der Waals surface area (Å²) in [6.45, 7) is 2.36. The predicted molar refractivity (Wildman–Crippen MR) is 121 cm³/mol. The normalized spacial score (nSPS) is 13.8. The molecule has 1 aliphatic heterocycles. The molecule has 2 N–H and O–H groups in total. The third-order valence-corrected chi connectivity index (χ3v) is 5.30. The number of carbonyl (C=O) groups is 2. The van der Waals surface area contributed by atoms with E-state index in [0.29, 0.717) is 22.9 Å². The van der Waals surface area contributed by atoms with Crippen LogP contribution in [0.25, 0.3) is 16.8 Å². The molecule has 0 bridgehead atoms. The molecule has 3 aromatic rings. The number of carbonyl (C=O) groups excluding carboxylic acids is 2. The first-order chi connectivity index (χ1) is 14.4. The Morgan fingerprint density at radius 1 is 1.03 bits per heavy atom. The summed E-state index contributed by atoms with van der Waals surface area (Å²) < 4.78 is 6.11. The highest BCUT2D eigenvalue weighted by molar-refractivity contribution is 7.80. The van der Waals surface area contributed by atoms with Crippen molar-refractivity contribution in [1.82, 2.24) is 10.6 Å². The molecule has 150 valence electrons. The molecule has 3 aromatic carbocycles. The Morgan fingerprint density at radius 2 is 1.77 bits per heavy atom. The van der Waals surface area contributed by atoms with Gasteiger partial charge in [-0.2, -0.15) is 0 Å². The molecule has 2 amide bonds. The van der Waals surface area contributed by atoms with Crippen LogP contribution in [0.3, 0.4) is 0 Å². The number of hydrogen-bond donors (Lipinski definition) is 2. The molecule has 0 atom stereocenters. The molecule has 0 aliphatic carbocycles. The van der Waals surface area contributed by atoms with E-state index in [2.05, 4.69) is 34.9 Å². The summed E-state index contributed by atoms with van der Waals surface area (Å²) in [5.74, 6) is -0.632. The molecule has 0 spiro atoms. The Hall–Kier alpha value is -3.22. The van der Waals surface area contributed by atoms with Crippen LogP contribution in [0.1, 0.15) is 16.7 Å². The molecule has 7 heteroatoms. The molecule has 4 rings (SSSR count). The SMILES string of the molecule is Cc1ccc2ccccc2c1COc1ccc(Cl)cc1C=C1C(=O)NC(=S)NC1=O. The van der Waals surface area contributed by atoms with Crippen molar-refractivity contribution in [3.63, 3.8) is 0 Å². The zero-order valence-electron chi connectivity index (χ0n) is 16.0. The average Bonchev–Trinajstić information content (AvgIpc) is 2.71. The maximum atomic E-state index is 12.2. The lowest BCUT2D eigenvalue weighted by molar-refractivity contribution is -0.123. The summed E-state index contributed by atoms with van der Waals surface area (Å²) in [6, 6.07) is 17.3. The lowest BCUT2D eigenvalue weighted by Crippen LogP contribution is -2.51. The summed E-state index contributed by atoms with van der Waals surface area (Å²) in [5, 5.41) is 7.53. The van der Waals surface area contributed by atoms with Crippen molar-refractivity contribution in [3.8, 4) is 5.75 Å². The lowest BCUT2D eigenvalue weighted by Gasteiger charge is -2.17. The second-order valence-electron chi connectivity index (χ2n) is 6.85. The van der Waals surface area contributed by atoms with Crippen molar-refractivity contribution >= 4 is 57.6 Å². The van der Waals surface area contributed by atoms with Gasteiger partial charge in [-0.05, 0) is 59.8 Å². The zero-order valence-corrected chi connectivity index (χ0v) is 17.6. The van der Waals surface area contributed by atoms with Crippen molar-refractivity contribution in [2.24, 2.45) is 0 Å². The maximum absolute atomic E-state index is 12.2. The molecular weight excluding hydrogens is 420 g/mol. The predicted octanol–water partition coefficient (Wildman–Crippen LogP) is 4.29. The van der Waals surface area contributed by atoms with Crippen LogP contribution >= 0.6 is 23.8 Å². The number of aryl methyl sites for hydroxylation is 1. The van der Waals surface area contributed by atoms with Crippen molar-refractivity contribution in [3.05, 3.63) is 81.9 Å². The number of amides is 2. The third kappa shape index (κ3) is 4.06. The number of halogens is 1. The smallest absolute Gasteiger partial charge is 0.263 e. The summed E-state index contributed by atoms with van der Waals surface area (Å²) in [6.07, 6.45) is 1.45. The molecule has 0 aromatic heterocycles. The van der Waals surface area contributed by atoms with Crippen LogP contribution < -0.4 is 15.4 Å². The minimum atomic E-state index is -0.570. The summed E-state index contributed by atoms with van der Waals surface area (Å²) >= 11 is 11.0. The molecular formula is C23H17ClN2O3S. The van der Waals surface area contributed by atoms with E-state index in [1.54, 1.807) is 18.2 Å². The highest BCUT2D eigenvalue weighted by atomic mass is 35.5. The Morgan fingerprint density at radius 3 is 2.53 bits per heavy atom. The van der Waals surface area contributed by atoms with Crippen molar-refractivity contribution < 1.29 is 14.3 Å². The fraction of sp³-hybridized carbons (Fsp3) is 0.0870. The van der Waals surface area contributed by atoms with Crippen LogP contribution in [0.15, 0.2) is 60.2 Å². The van der Waals surface area contributed by atoms with Crippen LogP contribution in [-0.2, 0) is 16.2 Å². The minimum Gasteiger partial charge on any atom is -0.488 e. The van der Waals surface area contributed by atoms with Gasteiger partial charge >= 0.3 is 0 Å². The first-order valence-corrected chi connectivity index (χ1v) is 9.99. The second kappa shape index (κ2) is 8.26. The first kappa shape index (κ1) is 20.1. The number of ether oxygens (including phenoxy) is 1. The number of thiocarbonyl (C=S) groups is 1. The maximum Gasteiger partial charge on any atom is 0.263 e. The van der Waals surface area contributed by atoms with Crippen molar-refractivity contribution in [1.29, 1.82) is 0 Å². The Balaban J connectivity index is 1.68. The number of rotatable bonds is 4. The van der Waals surface area contributed by atoms with Crippen molar-refractivity contribution in [2.75, 3.05) is 0 Å². The standard InChI is InChI=1S/C23H17ClN2O3S/c1-13-6-7-14-4-2-3-5-17(14)19(13)12-29-20-9-8-16(24)10-15(20)11-18-21(27)25-23(30)26-22(18)28/h2-11H,12H2,1H3,(H2,25,26,27,28,30). The summed E-state index contributed by atoms with van der Waals surface area (Å²) in [4.78, 5) is 24.4. The van der Waals surface area contributed by atoms with E-state index >= 15 is 0 Å². The molecule has 0 saturated carbocycles. The van der Waals surface area contributed by atoms with E-state index in [1.165, 1.54) is 6.08 Å². The van der Waals surface area contributed by atoms with Gasteiger partial charge in [-0.3, -0.25) is 20.2 Å². The van der Waals surface area contributed by atoms with Gasteiger partial charge in [-0.25, -0.2) is 0 Å². The van der Waals surface area contributed by atoms with Gasteiger partial charge in [0.2, 0.25) is 0 Å². The van der Waals surface area contributed by atoms with E-state index in [1.807, 2.05) is 19.1 Å². The fourth-order valence-electron chi connectivity index (χ4n) is 3.31. The van der Waals surface area contributed by atoms with E-state index in [0.717, 1.165) is 21.9 Å². The highest BCUT2D eigenvalue weighted by Gasteiger charge is 2.26. The summed E-state index contributed by atoms with van der Waals surface area (Å²) in [5.41, 5.74) is 2.63. The van der Waals surface area contributed by atoms with Gasteiger partial charge in [0.05, 0.1) is 0 Å². The third-order valence-electron chi connectivity index (χ3n) is 4.86. The van der Waals surface area contributed by atoms with Crippen molar-refractivity contribution in [2.45, 2.75) is 13.5 Å². The topological polar surface area (TPSA) is 67.4 Å². The molecule has 0 radical (unpaired) electrons. The van der Waals surface area contributed by atoms with Crippen LogP contribution in [0.4, 0.5) is 0 Å². The average molecular weight is 437 g/mol. The molecule has 30 heavy (non-hydrogen) atoms. The van der Waals surface area contributed by atoms with Gasteiger partial charge in [0.1, 0.15) is 17.9 Å². The van der Waals surface area contributed by atoms with Gasteiger partial charge < -0.3 is 4.74 Å². The van der Waals surface area contributed by atoms with Gasteiger partial charge in [0, 0.05) is 16.1 Å². The number of nitrogens with one attached hydrogen (secondary N) is 2. The highest BCUT2D eigenvalue weighted by Crippen LogP contribution is 2.29. The monoisotopic (exact) mass is 436 g/mol. The minimum absolute atomic E-state index is 0.0175. The van der Waals surface area contributed by atoms with Crippen LogP contribution in [0.5, 0.6) is 5.75 Å². The summed E-state index contributed by atoms with van der Waals surface area (Å²) in [7, 11) is 0. The van der Waals surface area contributed by atoms with Gasteiger partial charge in [-0.15, -0.1) is 0 Å². The largest absolute Gasteiger partial charge is 0.488 e. The molecule has 0 unspecified atom stereocenters. The molecule has 1 heterocycles. The van der Waals surface area contributed by atoms with E-state index in [-0.39, 0.29) is 10.7 Å². The first-order valence-electron chi connectivity index (χ1n) is 9.20. The van der Waals surface area contributed by atoms with Crippen LogP contribution in [0, 0.1) is 6.92 Å². The molecule has 5 nitrogen and oxygen atoms in total. The number of hydrogen-bond acceptors (Lipinski definition) is 4.